The van der Waals surface area contributed by atoms with E-state index < -0.39 is 0 Å². The molecule has 6 heteroatoms. The number of aliphatic hydroxyl groups excluding tert-OH is 1. The van der Waals surface area contributed by atoms with E-state index in [-0.39, 0.29) is 24.3 Å². The predicted molar refractivity (Wildman–Crippen MR) is 80.6 cm³/mol. The molecule has 0 aliphatic rings. The molecule has 2 N–H and O–H groups in total. The zero-order valence-electron chi connectivity index (χ0n) is 11.0. The van der Waals surface area contributed by atoms with E-state index in [4.69, 9.17) is 5.11 Å². The Morgan fingerprint density at radius 1 is 1.40 bits per heavy atom. The minimum absolute atomic E-state index is 0.00594. The van der Waals surface area contributed by atoms with Crippen LogP contribution in [-0.2, 0) is 0 Å². The number of rotatable bonds is 6. The Balaban J connectivity index is 2.09. The van der Waals surface area contributed by atoms with Crippen molar-refractivity contribution in [3.63, 3.8) is 0 Å². The normalized spacial score (nSPS) is 12.1. The van der Waals surface area contributed by atoms with Gasteiger partial charge in [0, 0.05) is 22.4 Å². The number of carbonyl (C=O) groups is 2. The lowest BCUT2D eigenvalue weighted by Gasteiger charge is -2.15. The number of hydrogen-bond donors (Lipinski definition) is 2. The first-order valence-electron chi connectivity index (χ1n) is 6.16. The SMILES string of the molecule is CC(=O)c1csc(C(=O)N[C@@H](CCO)c2cccs2)c1. The van der Waals surface area contributed by atoms with E-state index in [9.17, 15) is 9.59 Å². The third kappa shape index (κ3) is 3.53. The highest BCUT2D eigenvalue weighted by Crippen LogP contribution is 2.23. The Hall–Kier alpha value is -1.50. The fraction of sp³-hybridized carbons (Fsp3) is 0.286. The van der Waals surface area contributed by atoms with Gasteiger partial charge in [0.2, 0.25) is 0 Å². The second-order valence-corrected chi connectivity index (χ2v) is 6.20. The Kier molecular flexibility index (Phi) is 5.05. The van der Waals surface area contributed by atoms with Crippen molar-refractivity contribution in [1.29, 1.82) is 0 Å². The van der Waals surface area contributed by atoms with Crippen LogP contribution in [0.25, 0.3) is 0 Å². The first kappa shape index (κ1) is 14.9. The number of Topliss-reactive ketones (excluding diaryl/α,β-unsaturated/α-hetero) is 1. The quantitative estimate of drug-likeness (QED) is 0.806. The van der Waals surface area contributed by atoms with E-state index in [2.05, 4.69) is 5.32 Å². The molecule has 20 heavy (non-hydrogen) atoms. The van der Waals surface area contributed by atoms with Crippen molar-refractivity contribution in [3.05, 3.63) is 44.3 Å². The van der Waals surface area contributed by atoms with Crippen molar-refractivity contribution in [2.24, 2.45) is 0 Å². The van der Waals surface area contributed by atoms with Gasteiger partial charge in [-0.2, -0.15) is 0 Å². The molecule has 0 fully saturated rings. The fourth-order valence-corrected chi connectivity index (χ4v) is 3.43. The van der Waals surface area contributed by atoms with Crippen LogP contribution in [0.3, 0.4) is 0 Å². The summed E-state index contributed by atoms with van der Waals surface area (Å²) in [7, 11) is 0. The Morgan fingerprint density at radius 2 is 2.20 bits per heavy atom. The molecule has 106 valence electrons. The van der Waals surface area contributed by atoms with E-state index in [0.717, 1.165) is 4.88 Å². The van der Waals surface area contributed by atoms with Crippen LogP contribution in [-0.4, -0.2) is 23.4 Å². The van der Waals surface area contributed by atoms with Crippen molar-refractivity contribution in [2.75, 3.05) is 6.61 Å². The minimum Gasteiger partial charge on any atom is -0.396 e. The molecule has 0 saturated heterocycles. The molecule has 0 aromatic carbocycles. The molecule has 2 heterocycles. The third-order valence-corrected chi connectivity index (χ3v) is 4.75. The maximum Gasteiger partial charge on any atom is 0.261 e. The number of nitrogens with one attached hydrogen (secondary N) is 1. The monoisotopic (exact) mass is 309 g/mol. The van der Waals surface area contributed by atoms with E-state index in [0.29, 0.717) is 16.9 Å². The summed E-state index contributed by atoms with van der Waals surface area (Å²) in [4.78, 5) is 24.9. The summed E-state index contributed by atoms with van der Waals surface area (Å²) in [5.41, 5.74) is 0.551. The number of carbonyl (C=O) groups excluding carboxylic acids is 2. The molecule has 2 aromatic heterocycles. The Bertz CT molecular complexity index is 589. The zero-order valence-corrected chi connectivity index (χ0v) is 12.6. The highest BCUT2D eigenvalue weighted by Gasteiger charge is 2.18. The Morgan fingerprint density at radius 3 is 2.75 bits per heavy atom. The number of amides is 1. The molecule has 1 atom stereocenters. The van der Waals surface area contributed by atoms with Crippen molar-refractivity contribution in [1.82, 2.24) is 5.32 Å². The summed E-state index contributed by atoms with van der Waals surface area (Å²) in [5, 5.41) is 15.6. The summed E-state index contributed by atoms with van der Waals surface area (Å²) in [5.74, 6) is -0.264. The third-order valence-electron chi connectivity index (χ3n) is 2.84. The van der Waals surface area contributed by atoms with Gasteiger partial charge in [-0.05, 0) is 30.9 Å². The summed E-state index contributed by atoms with van der Waals surface area (Å²) in [6, 6.07) is 5.25. The predicted octanol–water partition coefficient (Wildman–Crippen LogP) is 2.87. The topological polar surface area (TPSA) is 66.4 Å². The van der Waals surface area contributed by atoms with Crippen LogP contribution in [0.2, 0.25) is 0 Å². The van der Waals surface area contributed by atoms with Gasteiger partial charge in [0.15, 0.2) is 5.78 Å². The van der Waals surface area contributed by atoms with Gasteiger partial charge >= 0.3 is 0 Å². The van der Waals surface area contributed by atoms with Gasteiger partial charge in [-0.1, -0.05) is 6.07 Å². The molecule has 0 unspecified atom stereocenters. The average Bonchev–Trinajstić information content (AvgIpc) is 3.09. The van der Waals surface area contributed by atoms with Crippen molar-refractivity contribution >= 4 is 34.4 Å². The van der Waals surface area contributed by atoms with Crippen LogP contribution >= 0.6 is 22.7 Å². The van der Waals surface area contributed by atoms with Crippen LogP contribution in [0.5, 0.6) is 0 Å². The second kappa shape index (κ2) is 6.78. The number of hydrogen-bond acceptors (Lipinski definition) is 5. The molecule has 2 aromatic rings. The van der Waals surface area contributed by atoms with Crippen LogP contribution in [0.4, 0.5) is 0 Å². The van der Waals surface area contributed by atoms with E-state index in [1.54, 1.807) is 22.8 Å². The summed E-state index contributed by atoms with van der Waals surface area (Å²) in [6.45, 7) is 1.48. The minimum atomic E-state index is -0.214. The van der Waals surface area contributed by atoms with Gasteiger partial charge in [-0.25, -0.2) is 0 Å². The summed E-state index contributed by atoms with van der Waals surface area (Å²) < 4.78 is 0. The molecule has 0 saturated carbocycles. The first-order valence-corrected chi connectivity index (χ1v) is 7.92. The fourth-order valence-electron chi connectivity index (χ4n) is 1.77. The average molecular weight is 309 g/mol. The van der Waals surface area contributed by atoms with Crippen LogP contribution in [0, 0.1) is 0 Å². The maximum absolute atomic E-state index is 12.2. The molecule has 4 nitrogen and oxygen atoms in total. The lowest BCUT2D eigenvalue weighted by atomic mass is 10.1. The zero-order chi connectivity index (χ0) is 14.5. The molecular weight excluding hydrogens is 294 g/mol. The van der Waals surface area contributed by atoms with Gasteiger partial charge in [0.25, 0.3) is 5.91 Å². The van der Waals surface area contributed by atoms with Gasteiger partial charge in [-0.15, -0.1) is 22.7 Å². The smallest absolute Gasteiger partial charge is 0.261 e. The molecule has 1 amide bonds. The van der Waals surface area contributed by atoms with Crippen LogP contribution in [0.15, 0.2) is 29.0 Å². The molecule has 2 rings (SSSR count). The van der Waals surface area contributed by atoms with Gasteiger partial charge in [0.1, 0.15) is 0 Å². The molecule has 0 aliphatic heterocycles. The van der Waals surface area contributed by atoms with Gasteiger partial charge in [0.05, 0.1) is 10.9 Å². The molecule has 0 radical (unpaired) electrons. The number of aliphatic hydroxyl groups is 1. The van der Waals surface area contributed by atoms with Crippen molar-refractivity contribution in [2.45, 2.75) is 19.4 Å². The van der Waals surface area contributed by atoms with Gasteiger partial charge in [-0.3, -0.25) is 9.59 Å². The van der Waals surface area contributed by atoms with Gasteiger partial charge < -0.3 is 10.4 Å². The lowest BCUT2D eigenvalue weighted by Crippen LogP contribution is -2.28. The highest BCUT2D eigenvalue weighted by molar-refractivity contribution is 7.12. The van der Waals surface area contributed by atoms with Crippen molar-refractivity contribution in [3.8, 4) is 0 Å². The maximum atomic E-state index is 12.2. The van der Waals surface area contributed by atoms with Crippen LogP contribution in [0.1, 0.15) is 44.3 Å². The second-order valence-electron chi connectivity index (χ2n) is 4.31. The van der Waals surface area contributed by atoms with Crippen molar-refractivity contribution < 1.29 is 14.7 Å². The highest BCUT2D eigenvalue weighted by atomic mass is 32.1. The standard InChI is InChI=1S/C14H15NO3S2/c1-9(17)10-7-13(20-8-10)14(18)15-11(4-5-16)12-3-2-6-19-12/h2-3,6-8,11,16H,4-5H2,1H3,(H,15,18)/t11-/m0/s1. The van der Waals surface area contributed by atoms with E-state index in [1.807, 2.05) is 17.5 Å². The number of ketones is 1. The van der Waals surface area contributed by atoms with E-state index in [1.165, 1.54) is 18.3 Å². The van der Waals surface area contributed by atoms with Crippen LogP contribution < -0.4 is 5.32 Å². The molecule has 0 bridgehead atoms. The number of thiophene rings is 2. The first-order chi connectivity index (χ1) is 9.61. The molecule has 0 aliphatic carbocycles. The molecule has 0 spiro atoms. The summed E-state index contributed by atoms with van der Waals surface area (Å²) in [6.07, 6.45) is 0.469. The summed E-state index contributed by atoms with van der Waals surface area (Å²) >= 11 is 2.79. The lowest BCUT2D eigenvalue weighted by molar-refractivity contribution is 0.0935. The van der Waals surface area contributed by atoms with E-state index >= 15 is 0 Å². The largest absolute Gasteiger partial charge is 0.396 e. The Labute approximate surface area is 125 Å². The molecular formula is C14H15NO3S2.